The Bertz CT molecular complexity index is 1480. The number of hydrogen-bond acceptors (Lipinski definition) is 7. The molecule has 0 aliphatic heterocycles. The summed E-state index contributed by atoms with van der Waals surface area (Å²) in [5.74, 6) is 0.385. The fraction of sp³-hybridized carbons (Fsp3) is 0.438. The fourth-order valence-corrected chi connectivity index (χ4v) is 4.63. The van der Waals surface area contributed by atoms with Crippen molar-refractivity contribution in [3.8, 4) is 5.75 Å². The van der Waals surface area contributed by atoms with Crippen molar-refractivity contribution in [2.24, 2.45) is 12.8 Å². The normalized spacial score (nSPS) is 12.4. The molecule has 0 aliphatic rings. The molecule has 4 aromatic rings. The van der Waals surface area contributed by atoms with Crippen molar-refractivity contribution in [1.82, 2.24) is 19.3 Å². The Balaban J connectivity index is 0.000000458. The minimum Gasteiger partial charge on any atom is -0.492 e. The highest BCUT2D eigenvalue weighted by Gasteiger charge is 2.19. The first-order valence-corrected chi connectivity index (χ1v) is 14.5. The third-order valence-corrected chi connectivity index (χ3v) is 6.79. The van der Waals surface area contributed by atoms with Crippen LogP contribution >= 0.6 is 0 Å². The number of rotatable bonds is 13. The van der Waals surface area contributed by atoms with Crippen molar-refractivity contribution in [3.05, 3.63) is 87.6 Å². The van der Waals surface area contributed by atoms with Gasteiger partial charge in [-0.05, 0) is 43.5 Å². The molecule has 0 saturated carbocycles. The van der Waals surface area contributed by atoms with E-state index in [1.54, 1.807) is 35.4 Å². The number of aromatic nitrogens is 4. The summed E-state index contributed by atoms with van der Waals surface area (Å²) in [4.78, 5) is 29.2. The van der Waals surface area contributed by atoms with E-state index in [-0.39, 0.29) is 18.0 Å². The number of carboxylic acids is 1. The number of nitrogens with two attached hydrogens (primary N) is 1. The lowest BCUT2D eigenvalue weighted by Crippen LogP contribution is -2.28. The molecule has 3 N–H and O–H groups in total. The molecular formula is C32H43N5O5. The number of hydrogen-bond donors (Lipinski definition) is 2. The van der Waals surface area contributed by atoms with Gasteiger partial charge in [0.05, 0.1) is 12.2 Å². The number of carbonyl (C=O) groups is 1. The van der Waals surface area contributed by atoms with Crippen LogP contribution in [0.5, 0.6) is 5.75 Å². The van der Waals surface area contributed by atoms with Gasteiger partial charge < -0.3 is 20.3 Å². The van der Waals surface area contributed by atoms with E-state index < -0.39 is 12.1 Å². The first-order chi connectivity index (χ1) is 20.2. The molecule has 0 amide bonds. The maximum Gasteiger partial charge on any atom is 0.333 e. The van der Waals surface area contributed by atoms with Gasteiger partial charge in [0.25, 0.3) is 5.56 Å². The third-order valence-electron chi connectivity index (χ3n) is 6.79. The molecule has 0 fully saturated rings. The van der Waals surface area contributed by atoms with E-state index in [1.807, 2.05) is 56.3 Å². The quantitative estimate of drug-likeness (QED) is 0.238. The van der Waals surface area contributed by atoms with Gasteiger partial charge in [-0.2, -0.15) is 5.10 Å². The van der Waals surface area contributed by atoms with Gasteiger partial charge in [-0.15, -0.1) is 0 Å². The van der Waals surface area contributed by atoms with Crippen LogP contribution in [-0.4, -0.2) is 49.7 Å². The number of nitrogens with zero attached hydrogens (tertiary/aromatic N) is 4. The van der Waals surface area contributed by atoms with Crippen LogP contribution < -0.4 is 16.0 Å². The van der Waals surface area contributed by atoms with Crippen LogP contribution in [0.1, 0.15) is 62.8 Å². The number of carboxylic acid groups (broad SMARTS) is 1. The molecule has 0 saturated heterocycles. The second-order valence-corrected chi connectivity index (χ2v) is 10.0. The Hall–Kier alpha value is -4.02. The van der Waals surface area contributed by atoms with E-state index in [4.69, 9.17) is 20.2 Å². The summed E-state index contributed by atoms with van der Waals surface area (Å²) in [5.41, 5.74) is 9.62. The Morgan fingerprint density at radius 1 is 1.07 bits per heavy atom. The van der Waals surface area contributed by atoms with Gasteiger partial charge >= 0.3 is 5.97 Å². The zero-order chi connectivity index (χ0) is 30.6. The summed E-state index contributed by atoms with van der Waals surface area (Å²) in [6.45, 7) is 8.82. The summed E-state index contributed by atoms with van der Waals surface area (Å²) in [6.07, 6.45) is 1.77. The average molecular weight is 578 g/mol. The maximum atomic E-state index is 13.2. The number of ether oxygens (including phenoxy) is 2. The molecule has 226 valence electrons. The summed E-state index contributed by atoms with van der Waals surface area (Å²) in [7, 11) is 1.78. The van der Waals surface area contributed by atoms with E-state index >= 15 is 0 Å². The number of aliphatic carboxylic acids is 1. The van der Waals surface area contributed by atoms with Crippen molar-refractivity contribution >= 4 is 17.0 Å². The van der Waals surface area contributed by atoms with Crippen LogP contribution in [-0.2, 0) is 42.4 Å². The monoisotopic (exact) mass is 577 g/mol. The van der Waals surface area contributed by atoms with Crippen molar-refractivity contribution < 1.29 is 19.4 Å². The summed E-state index contributed by atoms with van der Waals surface area (Å²) in [6, 6.07) is 17.5. The standard InChI is InChI=1S/C24H32N4O5.C8H11N/c1-5-8-18-21-22(27(4)26-18)23(29)28(20(6-2)25-21)13-14-33-17-11-9-16(10-12-17)15-19(24(30)31)32-7-3;1-7(9)8-5-3-2-4-6-8/h9-12,19H,5-8,13-15H2,1-4H3,(H,30,31);2-7H,9H2,1H3/t19-;/m0./s1. The highest BCUT2D eigenvalue weighted by Crippen LogP contribution is 2.17. The molecule has 2 aromatic carbocycles. The SMILES string of the molecule is CC(N)c1ccccc1.CCCc1nn(C)c2c(=O)n(CCOc3ccc(C[C@H](OCC)C(=O)O)cc3)c(CC)nc12. The average Bonchev–Trinajstić information content (AvgIpc) is 3.30. The van der Waals surface area contributed by atoms with E-state index in [0.717, 1.165) is 24.1 Å². The van der Waals surface area contributed by atoms with Crippen LogP contribution in [0.15, 0.2) is 59.4 Å². The van der Waals surface area contributed by atoms with Crippen LogP contribution in [0.4, 0.5) is 0 Å². The predicted molar refractivity (Wildman–Crippen MR) is 164 cm³/mol. The molecular weight excluding hydrogens is 534 g/mol. The van der Waals surface area contributed by atoms with Gasteiger partial charge in [0, 0.05) is 32.5 Å². The van der Waals surface area contributed by atoms with Gasteiger partial charge in [-0.1, -0.05) is 62.7 Å². The Kier molecular flexibility index (Phi) is 12.3. The molecule has 1 unspecified atom stereocenters. The van der Waals surface area contributed by atoms with Gasteiger partial charge in [0.1, 0.15) is 23.7 Å². The third kappa shape index (κ3) is 8.50. The first-order valence-electron chi connectivity index (χ1n) is 14.5. The molecule has 2 aromatic heterocycles. The zero-order valence-electron chi connectivity index (χ0n) is 25.2. The minimum atomic E-state index is -0.977. The number of benzene rings is 2. The van der Waals surface area contributed by atoms with E-state index in [9.17, 15) is 14.7 Å². The number of aryl methyl sites for hydroxylation is 3. The fourth-order valence-electron chi connectivity index (χ4n) is 4.63. The summed E-state index contributed by atoms with van der Waals surface area (Å²) < 4.78 is 14.4. The van der Waals surface area contributed by atoms with Crippen LogP contribution in [0.2, 0.25) is 0 Å². The molecule has 4 rings (SSSR count). The Labute approximate surface area is 247 Å². The molecule has 42 heavy (non-hydrogen) atoms. The van der Waals surface area contributed by atoms with E-state index in [0.29, 0.717) is 48.8 Å². The highest BCUT2D eigenvalue weighted by atomic mass is 16.5. The second kappa shape index (κ2) is 15.8. The molecule has 2 atom stereocenters. The van der Waals surface area contributed by atoms with Crippen molar-refractivity contribution in [2.75, 3.05) is 13.2 Å². The molecule has 0 bridgehead atoms. The largest absolute Gasteiger partial charge is 0.492 e. The van der Waals surface area contributed by atoms with Crippen LogP contribution in [0, 0.1) is 0 Å². The topological polar surface area (TPSA) is 134 Å². The van der Waals surface area contributed by atoms with Gasteiger partial charge in [-0.25, -0.2) is 9.78 Å². The van der Waals surface area contributed by atoms with Gasteiger partial charge in [0.2, 0.25) is 0 Å². The molecule has 2 heterocycles. The summed E-state index contributed by atoms with van der Waals surface area (Å²) >= 11 is 0. The van der Waals surface area contributed by atoms with Crippen LogP contribution in [0.25, 0.3) is 11.0 Å². The molecule has 0 radical (unpaired) electrons. The maximum absolute atomic E-state index is 13.2. The molecule has 0 spiro atoms. The van der Waals surface area contributed by atoms with Gasteiger partial charge in [-0.3, -0.25) is 14.0 Å². The Morgan fingerprint density at radius 3 is 2.31 bits per heavy atom. The lowest BCUT2D eigenvalue weighted by Gasteiger charge is -2.14. The van der Waals surface area contributed by atoms with Crippen molar-refractivity contribution in [3.63, 3.8) is 0 Å². The minimum absolute atomic E-state index is 0.108. The lowest BCUT2D eigenvalue weighted by molar-refractivity contribution is -0.149. The number of fused-ring (bicyclic) bond motifs is 1. The van der Waals surface area contributed by atoms with Gasteiger partial charge in [0.15, 0.2) is 11.6 Å². The van der Waals surface area contributed by atoms with Crippen molar-refractivity contribution in [2.45, 2.75) is 72.1 Å². The van der Waals surface area contributed by atoms with Crippen LogP contribution in [0.3, 0.4) is 0 Å². The highest BCUT2D eigenvalue weighted by molar-refractivity contribution is 5.76. The first kappa shape index (κ1) is 32.5. The zero-order valence-corrected chi connectivity index (χ0v) is 25.2. The van der Waals surface area contributed by atoms with Crippen molar-refractivity contribution in [1.29, 1.82) is 0 Å². The van der Waals surface area contributed by atoms with E-state index in [1.165, 1.54) is 5.56 Å². The second-order valence-electron chi connectivity index (χ2n) is 10.0. The predicted octanol–water partition coefficient (Wildman–Crippen LogP) is 4.46. The molecule has 10 heteroatoms. The summed E-state index contributed by atoms with van der Waals surface area (Å²) in [5, 5.41) is 13.7. The lowest BCUT2D eigenvalue weighted by atomic mass is 10.1. The molecule has 10 nitrogen and oxygen atoms in total. The smallest absolute Gasteiger partial charge is 0.333 e. The molecule has 0 aliphatic carbocycles. The van der Waals surface area contributed by atoms with E-state index in [2.05, 4.69) is 12.0 Å². The Morgan fingerprint density at radius 2 is 1.76 bits per heavy atom.